The van der Waals surface area contributed by atoms with Gasteiger partial charge in [-0.3, -0.25) is 0 Å². The fourth-order valence-electron chi connectivity index (χ4n) is 1.85. The van der Waals surface area contributed by atoms with Gasteiger partial charge in [0.1, 0.15) is 11.6 Å². The molecule has 90 valence electrons. The molecule has 1 nitrogen and oxygen atoms in total. The number of hydrogen-bond acceptors (Lipinski definition) is 1. The average molecular weight is 227 g/mol. The van der Waals surface area contributed by atoms with Gasteiger partial charge in [-0.25, -0.2) is 8.78 Å². The summed E-state index contributed by atoms with van der Waals surface area (Å²) in [6.45, 7) is 6.48. The van der Waals surface area contributed by atoms with Crippen LogP contribution >= 0.6 is 0 Å². The first-order chi connectivity index (χ1) is 7.60. The van der Waals surface area contributed by atoms with Crippen molar-refractivity contribution in [3.8, 4) is 0 Å². The Bertz CT molecular complexity index is 344. The molecule has 0 aliphatic heterocycles. The standard InChI is InChI=1S/C13H19F2N/c1-4-6-13(16-5-2)10-7-9(3)11(14)8-12(10)15/h7-8,13,16H,4-6H2,1-3H3. The summed E-state index contributed by atoms with van der Waals surface area (Å²) in [5, 5.41) is 3.22. The second-order valence-corrected chi connectivity index (χ2v) is 4.02. The highest BCUT2D eigenvalue weighted by molar-refractivity contribution is 5.28. The van der Waals surface area contributed by atoms with Crippen LogP contribution in [0, 0.1) is 18.6 Å². The Balaban J connectivity index is 3.03. The number of nitrogens with one attached hydrogen (secondary N) is 1. The van der Waals surface area contributed by atoms with Crippen LogP contribution in [0.25, 0.3) is 0 Å². The van der Waals surface area contributed by atoms with Gasteiger partial charge < -0.3 is 5.32 Å². The largest absolute Gasteiger partial charge is 0.310 e. The molecule has 0 saturated carbocycles. The van der Waals surface area contributed by atoms with Crippen molar-refractivity contribution in [1.29, 1.82) is 0 Å². The summed E-state index contributed by atoms with van der Waals surface area (Å²) in [7, 11) is 0. The number of benzene rings is 1. The van der Waals surface area contributed by atoms with E-state index in [-0.39, 0.29) is 6.04 Å². The minimum atomic E-state index is -0.479. The third-order valence-corrected chi connectivity index (χ3v) is 2.68. The second kappa shape index (κ2) is 5.94. The molecule has 1 atom stereocenters. The first kappa shape index (κ1) is 13.1. The van der Waals surface area contributed by atoms with Gasteiger partial charge in [0, 0.05) is 17.7 Å². The molecule has 0 amide bonds. The molecule has 0 aromatic heterocycles. The van der Waals surface area contributed by atoms with E-state index < -0.39 is 11.6 Å². The van der Waals surface area contributed by atoms with Crippen LogP contribution in [-0.2, 0) is 0 Å². The van der Waals surface area contributed by atoms with E-state index in [1.165, 1.54) is 0 Å². The lowest BCUT2D eigenvalue weighted by atomic mass is 9.99. The average Bonchev–Trinajstić information content (AvgIpc) is 2.23. The van der Waals surface area contributed by atoms with Gasteiger partial charge in [0.05, 0.1) is 0 Å². The zero-order chi connectivity index (χ0) is 12.1. The molecule has 0 radical (unpaired) electrons. The zero-order valence-electron chi connectivity index (χ0n) is 10.1. The van der Waals surface area contributed by atoms with Crippen LogP contribution in [0.4, 0.5) is 8.78 Å². The molecule has 0 aliphatic carbocycles. The topological polar surface area (TPSA) is 12.0 Å². The van der Waals surface area contributed by atoms with Gasteiger partial charge in [0.2, 0.25) is 0 Å². The third-order valence-electron chi connectivity index (χ3n) is 2.68. The molecule has 16 heavy (non-hydrogen) atoms. The van der Waals surface area contributed by atoms with Crippen LogP contribution in [-0.4, -0.2) is 6.54 Å². The summed E-state index contributed by atoms with van der Waals surface area (Å²) in [6, 6.07) is 2.56. The highest BCUT2D eigenvalue weighted by Gasteiger charge is 2.15. The first-order valence-electron chi connectivity index (χ1n) is 5.79. The Hall–Kier alpha value is -0.960. The predicted molar refractivity (Wildman–Crippen MR) is 62.4 cm³/mol. The highest BCUT2D eigenvalue weighted by Crippen LogP contribution is 2.24. The fourth-order valence-corrected chi connectivity index (χ4v) is 1.85. The maximum absolute atomic E-state index is 13.6. The molecule has 0 aliphatic rings. The summed E-state index contributed by atoms with van der Waals surface area (Å²) in [5.74, 6) is -0.935. The van der Waals surface area contributed by atoms with Crippen LogP contribution in [0.3, 0.4) is 0 Å². The van der Waals surface area contributed by atoms with Gasteiger partial charge in [0.15, 0.2) is 0 Å². The Morgan fingerprint density at radius 1 is 1.19 bits per heavy atom. The number of halogens is 2. The Kier molecular flexibility index (Phi) is 4.87. The van der Waals surface area contributed by atoms with E-state index >= 15 is 0 Å². The molecule has 0 spiro atoms. The summed E-state index contributed by atoms with van der Waals surface area (Å²) < 4.78 is 26.8. The van der Waals surface area contributed by atoms with Gasteiger partial charge >= 0.3 is 0 Å². The van der Waals surface area contributed by atoms with Crippen LogP contribution in [0.15, 0.2) is 12.1 Å². The summed E-state index contributed by atoms with van der Waals surface area (Å²) in [5.41, 5.74) is 1.07. The predicted octanol–water partition coefficient (Wildman–Crippen LogP) is 3.72. The monoisotopic (exact) mass is 227 g/mol. The molecular formula is C13H19F2N. The van der Waals surface area contributed by atoms with Crippen LogP contribution in [0.5, 0.6) is 0 Å². The molecule has 1 aromatic rings. The second-order valence-electron chi connectivity index (χ2n) is 4.02. The first-order valence-corrected chi connectivity index (χ1v) is 5.79. The Morgan fingerprint density at radius 3 is 2.44 bits per heavy atom. The van der Waals surface area contributed by atoms with Crippen LogP contribution in [0.2, 0.25) is 0 Å². The normalized spacial score (nSPS) is 12.8. The van der Waals surface area contributed by atoms with Gasteiger partial charge in [-0.05, 0) is 31.5 Å². The molecule has 0 heterocycles. The van der Waals surface area contributed by atoms with Crippen molar-refractivity contribution in [2.45, 2.75) is 39.7 Å². The minimum absolute atomic E-state index is 0.0192. The molecule has 1 aromatic carbocycles. The minimum Gasteiger partial charge on any atom is -0.310 e. The van der Waals surface area contributed by atoms with E-state index in [2.05, 4.69) is 12.2 Å². The molecule has 3 heteroatoms. The van der Waals surface area contributed by atoms with E-state index in [1.807, 2.05) is 6.92 Å². The number of rotatable bonds is 5. The van der Waals surface area contributed by atoms with Crippen molar-refractivity contribution in [1.82, 2.24) is 5.32 Å². The van der Waals surface area contributed by atoms with Crippen LogP contribution < -0.4 is 5.32 Å². The van der Waals surface area contributed by atoms with Crippen molar-refractivity contribution < 1.29 is 8.78 Å². The third kappa shape index (κ3) is 3.01. The summed E-state index contributed by atoms with van der Waals surface area (Å²) >= 11 is 0. The van der Waals surface area contributed by atoms with Gasteiger partial charge in [0.25, 0.3) is 0 Å². The van der Waals surface area contributed by atoms with Gasteiger partial charge in [-0.2, -0.15) is 0 Å². The van der Waals surface area contributed by atoms with Crippen molar-refractivity contribution >= 4 is 0 Å². The lowest BCUT2D eigenvalue weighted by Gasteiger charge is -2.19. The van der Waals surface area contributed by atoms with Crippen molar-refractivity contribution in [3.63, 3.8) is 0 Å². The smallest absolute Gasteiger partial charge is 0.130 e. The van der Waals surface area contributed by atoms with Crippen molar-refractivity contribution in [2.75, 3.05) is 6.54 Å². The highest BCUT2D eigenvalue weighted by atomic mass is 19.1. The molecule has 1 unspecified atom stereocenters. The molecule has 0 bridgehead atoms. The molecule has 1 rings (SSSR count). The van der Waals surface area contributed by atoms with E-state index in [1.54, 1.807) is 13.0 Å². The number of hydrogen-bond donors (Lipinski definition) is 1. The quantitative estimate of drug-likeness (QED) is 0.808. The van der Waals surface area contributed by atoms with Crippen molar-refractivity contribution in [3.05, 3.63) is 34.9 Å². The Morgan fingerprint density at radius 2 is 1.88 bits per heavy atom. The molecule has 1 N–H and O–H groups in total. The summed E-state index contributed by atoms with van der Waals surface area (Å²) in [6.07, 6.45) is 1.82. The van der Waals surface area contributed by atoms with Crippen molar-refractivity contribution in [2.24, 2.45) is 0 Å². The number of aryl methyl sites for hydroxylation is 1. The zero-order valence-corrected chi connectivity index (χ0v) is 10.1. The van der Waals surface area contributed by atoms with Crippen LogP contribution in [0.1, 0.15) is 43.9 Å². The lowest BCUT2D eigenvalue weighted by Crippen LogP contribution is -2.22. The Labute approximate surface area is 95.9 Å². The lowest BCUT2D eigenvalue weighted by molar-refractivity contribution is 0.475. The van der Waals surface area contributed by atoms with E-state index in [0.717, 1.165) is 25.5 Å². The maximum atomic E-state index is 13.6. The summed E-state index contributed by atoms with van der Waals surface area (Å²) in [4.78, 5) is 0. The molecule has 0 fully saturated rings. The SMILES string of the molecule is CCCC(NCC)c1cc(C)c(F)cc1F. The molecular weight excluding hydrogens is 208 g/mol. The van der Waals surface area contributed by atoms with Gasteiger partial charge in [-0.1, -0.05) is 20.3 Å². The van der Waals surface area contributed by atoms with E-state index in [4.69, 9.17) is 0 Å². The maximum Gasteiger partial charge on any atom is 0.130 e. The van der Waals surface area contributed by atoms with Gasteiger partial charge in [-0.15, -0.1) is 0 Å². The van der Waals surface area contributed by atoms with E-state index in [0.29, 0.717) is 11.1 Å². The molecule has 0 saturated heterocycles. The van der Waals surface area contributed by atoms with E-state index in [9.17, 15) is 8.78 Å². The fraction of sp³-hybridized carbons (Fsp3) is 0.538.